The molecule has 1 heterocycles. The van der Waals surface area contributed by atoms with Crippen LogP contribution in [0.5, 0.6) is 0 Å². The lowest BCUT2D eigenvalue weighted by Gasteiger charge is -2.29. The fraction of sp³-hybridized carbons (Fsp3) is 0.583. The Bertz CT molecular complexity index is 355. The van der Waals surface area contributed by atoms with E-state index in [1.807, 2.05) is 33.8 Å². The van der Waals surface area contributed by atoms with Crippen LogP contribution in [0, 0.1) is 5.41 Å². The molecule has 0 bridgehead atoms. The molecule has 0 aromatic carbocycles. The normalized spacial score (nSPS) is 12.6. The van der Waals surface area contributed by atoms with Crippen molar-refractivity contribution in [1.29, 1.82) is 0 Å². The molecule has 1 aromatic rings. The van der Waals surface area contributed by atoms with Crippen molar-refractivity contribution in [1.82, 2.24) is 5.32 Å². The zero-order valence-electron chi connectivity index (χ0n) is 10.1. The predicted octanol–water partition coefficient (Wildman–Crippen LogP) is 2.90. The molecule has 0 aliphatic carbocycles. The second-order valence-corrected chi connectivity index (χ2v) is 5.34. The van der Waals surface area contributed by atoms with Crippen molar-refractivity contribution >= 4 is 17.5 Å². The van der Waals surface area contributed by atoms with Gasteiger partial charge >= 0.3 is 0 Å². The average Bonchev–Trinajstić information content (AvgIpc) is 2.70. The first-order chi connectivity index (χ1) is 7.29. The number of hydrogen-bond acceptors (Lipinski definition) is 2. The van der Waals surface area contributed by atoms with Crippen molar-refractivity contribution < 1.29 is 9.21 Å². The molecular weight excluding hydrogens is 226 g/mol. The number of hydrogen-bond donors (Lipinski definition) is 1. The number of carbonyl (C=O) groups excluding carboxylic acids is 1. The zero-order chi connectivity index (χ0) is 12.4. The maximum atomic E-state index is 12.0. The Morgan fingerprint density at radius 3 is 2.50 bits per heavy atom. The van der Waals surface area contributed by atoms with Gasteiger partial charge in [-0.25, -0.2) is 0 Å². The monoisotopic (exact) mass is 243 g/mol. The molecular formula is C12H18ClNO2. The molecule has 0 radical (unpaired) electrons. The first kappa shape index (κ1) is 13.1. The predicted molar refractivity (Wildman–Crippen MR) is 64.4 cm³/mol. The topological polar surface area (TPSA) is 42.2 Å². The molecule has 0 fully saturated rings. The SMILES string of the molecule is CC(C)(CCl)C(=O)NC(C)(C)c1ccco1. The molecule has 4 heteroatoms. The summed E-state index contributed by atoms with van der Waals surface area (Å²) in [6, 6.07) is 3.64. The summed E-state index contributed by atoms with van der Waals surface area (Å²) in [7, 11) is 0. The summed E-state index contributed by atoms with van der Waals surface area (Å²) in [5.74, 6) is 0.933. The molecule has 3 nitrogen and oxygen atoms in total. The molecule has 0 spiro atoms. The van der Waals surface area contributed by atoms with Gasteiger partial charge in [0.1, 0.15) is 5.76 Å². The number of amides is 1. The highest BCUT2D eigenvalue weighted by molar-refractivity contribution is 6.19. The van der Waals surface area contributed by atoms with E-state index in [4.69, 9.17) is 16.0 Å². The van der Waals surface area contributed by atoms with E-state index < -0.39 is 11.0 Å². The molecule has 1 N–H and O–H groups in total. The van der Waals surface area contributed by atoms with Gasteiger partial charge in [0, 0.05) is 5.88 Å². The minimum absolute atomic E-state index is 0.0797. The van der Waals surface area contributed by atoms with Gasteiger partial charge in [0.15, 0.2) is 0 Å². The molecule has 0 aliphatic rings. The van der Waals surface area contributed by atoms with Crippen LogP contribution < -0.4 is 5.32 Å². The van der Waals surface area contributed by atoms with Crippen molar-refractivity contribution in [3.63, 3.8) is 0 Å². The molecule has 90 valence electrons. The van der Waals surface area contributed by atoms with E-state index in [1.165, 1.54) is 0 Å². The first-order valence-corrected chi connectivity index (χ1v) is 5.75. The highest BCUT2D eigenvalue weighted by Crippen LogP contribution is 2.24. The van der Waals surface area contributed by atoms with Gasteiger partial charge in [0.25, 0.3) is 0 Å². The van der Waals surface area contributed by atoms with E-state index in [1.54, 1.807) is 12.3 Å². The largest absolute Gasteiger partial charge is 0.467 e. The number of rotatable bonds is 4. The fourth-order valence-electron chi connectivity index (χ4n) is 1.21. The van der Waals surface area contributed by atoms with Gasteiger partial charge in [-0.05, 0) is 39.8 Å². The third-order valence-corrected chi connectivity index (χ3v) is 3.18. The maximum Gasteiger partial charge on any atom is 0.227 e. The van der Waals surface area contributed by atoms with Crippen LogP contribution in [-0.2, 0) is 10.3 Å². The summed E-state index contributed by atoms with van der Waals surface area (Å²) in [6.07, 6.45) is 1.59. The summed E-state index contributed by atoms with van der Waals surface area (Å²) in [6.45, 7) is 7.42. The zero-order valence-corrected chi connectivity index (χ0v) is 10.9. The van der Waals surface area contributed by atoms with E-state index in [9.17, 15) is 4.79 Å². The Labute approximate surface area is 101 Å². The first-order valence-electron chi connectivity index (χ1n) is 5.22. The summed E-state index contributed by atoms with van der Waals surface area (Å²) in [5.41, 5.74) is -1.10. The van der Waals surface area contributed by atoms with Crippen molar-refractivity contribution in [3.8, 4) is 0 Å². The van der Waals surface area contributed by atoms with Crippen LogP contribution in [0.4, 0.5) is 0 Å². The highest BCUT2D eigenvalue weighted by Gasteiger charge is 2.33. The third kappa shape index (κ3) is 2.79. The molecule has 1 rings (SSSR count). The second kappa shape index (κ2) is 4.50. The van der Waals surface area contributed by atoms with E-state index in [0.29, 0.717) is 0 Å². The lowest BCUT2D eigenvalue weighted by molar-refractivity contribution is -0.130. The molecule has 0 unspecified atom stereocenters. The van der Waals surface area contributed by atoms with Crippen molar-refractivity contribution in [2.75, 3.05) is 5.88 Å². The summed E-state index contributed by atoms with van der Waals surface area (Å²) in [4.78, 5) is 12.0. The Morgan fingerprint density at radius 2 is 2.06 bits per heavy atom. The van der Waals surface area contributed by atoms with Gasteiger partial charge in [-0.2, -0.15) is 0 Å². The average molecular weight is 244 g/mol. The van der Waals surface area contributed by atoms with Gasteiger partial charge in [-0.1, -0.05) is 0 Å². The third-order valence-electron chi connectivity index (χ3n) is 2.51. The standard InChI is InChI=1S/C12H18ClNO2/c1-11(2,8-13)10(15)14-12(3,4)9-6-5-7-16-9/h5-7H,8H2,1-4H3,(H,14,15). The molecule has 16 heavy (non-hydrogen) atoms. The highest BCUT2D eigenvalue weighted by atomic mass is 35.5. The molecule has 0 saturated heterocycles. The van der Waals surface area contributed by atoms with Gasteiger partial charge in [0.2, 0.25) is 5.91 Å². The molecule has 1 amide bonds. The quantitative estimate of drug-likeness (QED) is 0.827. The maximum absolute atomic E-state index is 12.0. The number of alkyl halides is 1. The van der Waals surface area contributed by atoms with Gasteiger partial charge in [0.05, 0.1) is 17.2 Å². The van der Waals surface area contributed by atoms with Crippen LogP contribution in [0.2, 0.25) is 0 Å². The summed E-state index contributed by atoms with van der Waals surface area (Å²) in [5, 5.41) is 2.93. The van der Waals surface area contributed by atoms with E-state index in [-0.39, 0.29) is 11.8 Å². The fourth-order valence-corrected chi connectivity index (χ4v) is 1.33. The van der Waals surface area contributed by atoms with Crippen molar-refractivity contribution in [2.45, 2.75) is 33.2 Å². The van der Waals surface area contributed by atoms with E-state index in [2.05, 4.69) is 5.32 Å². The number of furan rings is 1. The van der Waals surface area contributed by atoms with Crippen LogP contribution in [0.15, 0.2) is 22.8 Å². The van der Waals surface area contributed by atoms with Crippen LogP contribution >= 0.6 is 11.6 Å². The number of carbonyl (C=O) groups is 1. The van der Waals surface area contributed by atoms with Crippen molar-refractivity contribution in [2.24, 2.45) is 5.41 Å². The minimum atomic E-state index is -0.578. The van der Waals surface area contributed by atoms with Gasteiger partial charge < -0.3 is 9.73 Å². The molecule has 0 saturated carbocycles. The van der Waals surface area contributed by atoms with Crippen molar-refractivity contribution in [3.05, 3.63) is 24.2 Å². The Kier molecular flexibility index (Phi) is 3.68. The van der Waals surface area contributed by atoms with Crippen LogP contribution in [0.25, 0.3) is 0 Å². The molecule has 1 aromatic heterocycles. The summed E-state index contributed by atoms with van der Waals surface area (Å²) >= 11 is 5.76. The molecule has 0 atom stereocenters. The van der Waals surface area contributed by atoms with Crippen LogP contribution in [0.3, 0.4) is 0 Å². The minimum Gasteiger partial charge on any atom is -0.467 e. The van der Waals surface area contributed by atoms with E-state index in [0.717, 1.165) is 5.76 Å². The molecule has 0 aliphatic heterocycles. The van der Waals surface area contributed by atoms with Gasteiger partial charge in [-0.15, -0.1) is 11.6 Å². The van der Waals surface area contributed by atoms with Gasteiger partial charge in [-0.3, -0.25) is 4.79 Å². The second-order valence-electron chi connectivity index (χ2n) is 5.07. The Morgan fingerprint density at radius 1 is 1.44 bits per heavy atom. The lowest BCUT2D eigenvalue weighted by Crippen LogP contribution is -2.47. The Hall–Kier alpha value is -0.960. The smallest absolute Gasteiger partial charge is 0.227 e. The summed E-state index contributed by atoms with van der Waals surface area (Å²) < 4.78 is 5.30. The number of nitrogens with one attached hydrogen (secondary N) is 1. The number of halogens is 1. The van der Waals surface area contributed by atoms with Crippen LogP contribution in [0.1, 0.15) is 33.5 Å². The van der Waals surface area contributed by atoms with Crippen LogP contribution in [-0.4, -0.2) is 11.8 Å². The van der Waals surface area contributed by atoms with E-state index >= 15 is 0 Å². The lowest BCUT2D eigenvalue weighted by atomic mass is 9.92. The Balaban J connectivity index is 2.78.